The van der Waals surface area contributed by atoms with Crippen molar-refractivity contribution in [3.8, 4) is 0 Å². The van der Waals surface area contributed by atoms with Crippen LogP contribution in [-0.2, 0) is 26.2 Å². The Labute approximate surface area is 175 Å². The van der Waals surface area contributed by atoms with E-state index in [0.29, 0.717) is 26.1 Å². The Balaban J connectivity index is 1.51. The van der Waals surface area contributed by atoms with Crippen LogP contribution in [0.5, 0.6) is 0 Å². The summed E-state index contributed by atoms with van der Waals surface area (Å²) in [4.78, 5) is 29.1. The number of fused-ring (bicyclic) bond motifs is 1. The molecule has 164 valence electrons. The van der Waals surface area contributed by atoms with Crippen molar-refractivity contribution in [2.45, 2.75) is 43.9 Å². The van der Waals surface area contributed by atoms with Gasteiger partial charge in [-0.1, -0.05) is 12.1 Å². The molecule has 1 aromatic rings. The van der Waals surface area contributed by atoms with E-state index in [1.807, 2.05) is 11.0 Å². The van der Waals surface area contributed by atoms with Crippen molar-refractivity contribution in [2.75, 3.05) is 25.9 Å². The summed E-state index contributed by atoms with van der Waals surface area (Å²) in [5.41, 5.74) is 0.749. The molecular formula is C20H27FN4O4S. The van der Waals surface area contributed by atoms with Gasteiger partial charge >= 0.3 is 0 Å². The van der Waals surface area contributed by atoms with Crippen LogP contribution in [0.15, 0.2) is 24.3 Å². The summed E-state index contributed by atoms with van der Waals surface area (Å²) in [5.74, 6) is -0.456. The molecule has 30 heavy (non-hydrogen) atoms. The highest BCUT2D eigenvalue weighted by Crippen LogP contribution is 2.30. The molecule has 3 fully saturated rings. The summed E-state index contributed by atoms with van der Waals surface area (Å²) in [6.07, 6.45) is 3.40. The molecule has 1 saturated carbocycles. The quantitative estimate of drug-likeness (QED) is 0.627. The van der Waals surface area contributed by atoms with E-state index in [1.165, 1.54) is 12.1 Å². The van der Waals surface area contributed by atoms with Gasteiger partial charge in [-0.15, -0.1) is 0 Å². The maximum absolute atomic E-state index is 13.7. The number of rotatable bonds is 7. The van der Waals surface area contributed by atoms with Crippen LogP contribution in [0.3, 0.4) is 0 Å². The number of amides is 2. The summed E-state index contributed by atoms with van der Waals surface area (Å²) >= 11 is 0. The molecule has 2 heterocycles. The highest BCUT2D eigenvalue weighted by Gasteiger charge is 2.46. The zero-order chi connectivity index (χ0) is 21.5. The molecule has 0 unspecified atom stereocenters. The number of hydrogen-bond donors (Lipinski definition) is 2. The first-order valence-electron chi connectivity index (χ1n) is 10.2. The number of piperazine rings is 1. The number of carbonyl (C=O) groups excluding carboxylic acids is 2. The van der Waals surface area contributed by atoms with Crippen LogP contribution in [0.1, 0.15) is 24.8 Å². The summed E-state index contributed by atoms with van der Waals surface area (Å²) < 4.78 is 39.5. The lowest BCUT2D eigenvalue weighted by molar-refractivity contribution is -0.144. The van der Waals surface area contributed by atoms with Gasteiger partial charge in [0.25, 0.3) is 0 Å². The van der Waals surface area contributed by atoms with Crippen molar-refractivity contribution in [3.63, 3.8) is 0 Å². The number of sulfonamides is 1. The molecule has 0 spiro atoms. The number of nitrogens with one attached hydrogen (secondary N) is 2. The first kappa shape index (κ1) is 21.2. The fraction of sp³-hybridized carbons (Fsp3) is 0.600. The van der Waals surface area contributed by atoms with Crippen LogP contribution >= 0.6 is 0 Å². The van der Waals surface area contributed by atoms with Crippen molar-refractivity contribution in [3.05, 3.63) is 35.6 Å². The Bertz CT molecular complexity index is 936. The Hall–Kier alpha value is -2.04. The number of nitrogens with zero attached hydrogens (tertiary/aromatic N) is 2. The van der Waals surface area contributed by atoms with Crippen LogP contribution in [0.4, 0.5) is 4.39 Å². The normalized spacial score (nSPS) is 27.2. The number of carbonyl (C=O) groups is 2. The van der Waals surface area contributed by atoms with Crippen LogP contribution in [0.2, 0.25) is 0 Å². The van der Waals surface area contributed by atoms with E-state index in [4.69, 9.17) is 0 Å². The van der Waals surface area contributed by atoms with E-state index in [9.17, 15) is 22.4 Å². The summed E-state index contributed by atoms with van der Waals surface area (Å²) in [7, 11) is -3.37. The van der Waals surface area contributed by atoms with Crippen LogP contribution in [0, 0.1) is 11.7 Å². The minimum atomic E-state index is -3.37. The van der Waals surface area contributed by atoms with Crippen LogP contribution in [0.25, 0.3) is 0 Å². The number of benzene rings is 1. The van der Waals surface area contributed by atoms with Gasteiger partial charge in [0.15, 0.2) is 0 Å². The van der Waals surface area contributed by atoms with Crippen LogP contribution < -0.4 is 10.0 Å². The zero-order valence-electron chi connectivity index (χ0n) is 16.9. The fourth-order valence-corrected chi connectivity index (χ4v) is 5.22. The SMILES string of the molecule is CS(=O)(=O)N[C@H]1C[C@H]2CN(Cc3cccc(F)c3)[C@@H](CNC(=O)C3CC3)C(=O)N2C1. The predicted octanol–water partition coefficient (Wildman–Crippen LogP) is 0.0548. The molecule has 3 aliphatic rings. The van der Waals surface area contributed by atoms with Gasteiger partial charge in [0.1, 0.15) is 11.9 Å². The average molecular weight is 439 g/mol. The van der Waals surface area contributed by atoms with Gasteiger partial charge in [0, 0.05) is 44.2 Å². The van der Waals surface area contributed by atoms with E-state index in [2.05, 4.69) is 10.0 Å². The van der Waals surface area contributed by atoms with Crippen LogP contribution in [-0.4, -0.2) is 74.0 Å². The lowest BCUT2D eigenvalue weighted by Crippen LogP contribution is -2.62. The van der Waals surface area contributed by atoms with Gasteiger partial charge in [-0.2, -0.15) is 0 Å². The third-order valence-corrected chi connectivity index (χ3v) is 6.70. The minimum Gasteiger partial charge on any atom is -0.354 e. The third kappa shape index (κ3) is 4.98. The van der Waals surface area contributed by atoms with Gasteiger partial charge in [-0.25, -0.2) is 17.5 Å². The number of hydrogen-bond acceptors (Lipinski definition) is 5. The second-order valence-electron chi connectivity index (χ2n) is 8.56. The predicted molar refractivity (Wildman–Crippen MR) is 108 cm³/mol. The maximum atomic E-state index is 13.7. The van der Waals surface area contributed by atoms with E-state index in [-0.39, 0.29) is 42.2 Å². The molecule has 0 radical (unpaired) electrons. The highest BCUT2D eigenvalue weighted by molar-refractivity contribution is 7.88. The number of halogens is 1. The highest BCUT2D eigenvalue weighted by atomic mass is 32.2. The van der Waals surface area contributed by atoms with Gasteiger partial charge in [0.2, 0.25) is 21.8 Å². The molecule has 3 atom stereocenters. The molecule has 0 bridgehead atoms. The monoisotopic (exact) mass is 438 g/mol. The Morgan fingerprint density at radius 1 is 1.27 bits per heavy atom. The fourth-order valence-electron chi connectivity index (χ4n) is 4.44. The minimum absolute atomic E-state index is 0.0336. The third-order valence-electron chi connectivity index (χ3n) is 5.94. The van der Waals surface area contributed by atoms with Crippen molar-refractivity contribution in [1.82, 2.24) is 19.8 Å². The molecule has 0 aromatic heterocycles. The smallest absolute Gasteiger partial charge is 0.242 e. The van der Waals surface area contributed by atoms with Gasteiger partial charge < -0.3 is 10.2 Å². The summed E-state index contributed by atoms with van der Waals surface area (Å²) in [6.45, 7) is 1.42. The second-order valence-corrected chi connectivity index (χ2v) is 10.3. The topological polar surface area (TPSA) is 98.8 Å². The standard InChI is InChI=1S/C20H27FN4O4S/c1-30(28,29)23-16-8-17-12-24(10-13-3-2-4-15(21)7-13)18(20(27)25(17)11-16)9-22-19(26)14-5-6-14/h2-4,7,14,16-18,23H,5-6,8-12H2,1H3,(H,22,26)/t16-,17-,18-/m0/s1. The van der Waals surface area contributed by atoms with Crippen molar-refractivity contribution >= 4 is 21.8 Å². The zero-order valence-corrected chi connectivity index (χ0v) is 17.7. The molecule has 2 N–H and O–H groups in total. The first-order chi connectivity index (χ1) is 14.2. The average Bonchev–Trinajstić information content (AvgIpc) is 3.42. The van der Waals surface area contributed by atoms with Gasteiger partial charge in [-0.05, 0) is 37.0 Å². The lowest BCUT2D eigenvalue weighted by Gasteiger charge is -2.43. The van der Waals surface area contributed by atoms with Crippen molar-refractivity contribution < 1.29 is 22.4 Å². The molecule has 2 saturated heterocycles. The molecule has 1 aromatic carbocycles. The first-order valence-corrected chi connectivity index (χ1v) is 12.1. The largest absolute Gasteiger partial charge is 0.354 e. The van der Waals surface area contributed by atoms with Crippen molar-refractivity contribution in [1.29, 1.82) is 0 Å². The molecule has 2 amide bonds. The maximum Gasteiger partial charge on any atom is 0.242 e. The van der Waals surface area contributed by atoms with E-state index in [0.717, 1.165) is 24.7 Å². The van der Waals surface area contributed by atoms with E-state index >= 15 is 0 Å². The molecule has 8 nitrogen and oxygen atoms in total. The Kier molecular flexibility index (Phi) is 5.82. The Morgan fingerprint density at radius 3 is 2.70 bits per heavy atom. The van der Waals surface area contributed by atoms with E-state index in [1.54, 1.807) is 11.0 Å². The van der Waals surface area contributed by atoms with Gasteiger partial charge in [0.05, 0.1) is 6.26 Å². The second kappa shape index (κ2) is 8.24. The summed E-state index contributed by atoms with van der Waals surface area (Å²) in [6, 6.07) is 5.24. The van der Waals surface area contributed by atoms with Gasteiger partial charge in [-0.3, -0.25) is 14.5 Å². The Morgan fingerprint density at radius 2 is 2.03 bits per heavy atom. The van der Waals surface area contributed by atoms with E-state index < -0.39 is 16.1 Å². The molecular weight excluding hydrogens is 411 g/mol. The summed E-state index contributed by atoms with van der Waals surface area (Å²) in [5, 5.41) is 2.89. The van der Waals surface area contributed by atoms with Crippen molar-refractivity contribution in [2.24, 2.45) is 5.92 Å². The lowest BCUT2D eigenvalue weighted by atomic mass is 10.0. The molecule has 10 heteroatoms. The molecule has 1 aliphatic carbocycles. The molecule has 2 aliphatic heterocycles. The molecule has 4 rings (SSSR count).